The number of hydrogen-bond donors (Lipinski definition) is 3. The molecule has 2 heterocycles. The number of benzene rings is 1. The maximum atomic E-state index is 12.8. The molecule has 28 heavy (non-hydrogen) atoms. The van der Waals surface area contributed by atoms with Crippen LogP contribution in [0.4, 0.5) is 5.69 Å². The third-order valence-corrected chi connectivity index (χ3v) is 5.13. The molecule has 0 aliphatic carbocycles. The normalized spacial score (nSPS) is 21.5. The first-order chi connectivity index (χ1) is 13.5. The first kappa shape index (κ1) is 20.0. The summed E-state index contributed by atoms with van der Waals surface area (Å²) < 4.78 is 0. The largest absolute Gasteiger partial charge is 0.385 e. The van der Waals surface area contributed by atoms with Gasteiger partial charge in [-0.1, -0.05) is 12.8 Å². The molecule has 0 bridgehead atoms. The zero-order valence-electron chi connectivity index (χ0n) is 15.6. The Morgan fingerprint density at radius 3 is 2.57 bits per heavy atom. The first-order valence-electron chi connectivity index (χ1n) is 9.71. The van der Waals surface area contributed by atoms with Gasteiger partial charge >= 0.3 is 0 Å². The maximum absolute atomic E-state index is 12.8. The zero-order chi connectivity index (χ0) is 20.1. The molecule has 0 spiro atoms. The number of imide groups is 1. The van der Waals surface area contributed by atoms with Gasteiger partial charge in [0.15, 0.2) is 0 Å². The molecular weight excluding hydrogens is 362 g/mol. The Morgan fingerprint density at radius 1 is 1.07 bits per heavy atom. The van der Waals surface area contributed by atoms with E-state index in [-0.39, 0.29) is 6.42 Å². The molecule has 8 heteroatoms. The van der Waals surface area contributed by atoms with E-state index in [1.807, 2.05) is 0 Å². The third-order valence-electron chi connectivity index (χ3n) is 5.13. The van der Waals surface area contributed by atoms with E-state index in [0.29, 0.717) is 24.0 Å². The second kappa shape index (κ2) is 8.97. The monoisotopic (exact) mass is 387 g/mol. The number of aliphatic hydroxyl groups is 1. The standard InChI is InChI=1S/C20H25N3O5/c24-11-5-3-1-2-4-10-21-13-6-7-14-15(12-13)20(28)23(19(14)27)16-8-9-17(25)22-18(16)26/h6-7,11-12,16-17,21,25H,1-5,8-10H2,(H,22,26). The fraction of sp³-hybridized carbons (Fsp3) is 0.500. The maximum Gasteiger partial charge on any atom is 0.262 e. The fourth-order valence-corrected chi connectivity index (χ4v) is 3.62. The number of anilines is 1. The van der Waals surface area contributed by atoms with Crippen molar-refractivity contribution in [2.24, 2.45) is 0 Å². The summed E-state index contributed by atoms with van der Waals surface area (Å²) in [5.74, 6) is -1.46. The Hall–Kier alpha value is -2.74. The molecule has 0 radical (unpaired) electrons. The number of fused-ring (bicyclic) bond motifs is 1. The second-order valence-electron chi connectivity index (χ2n) is 7.15. The number of aliphatic hydroxyl groups excluding tert-OH is 1. The lowest BCUT2D eigenvalue weighted by atomic mass is 10.0. The van der Waals surface area contributed by atoms with Gasteiger partial charge in [0.1, 0.15) is 18.6 Å². The number of amides is 3. The Balaban J connectivity index is 1.60. The fourth-order valence-electron chi connectivity index (χ4n) is 3.62. The number of piperidine rings is 1. The van der Waals surface area contributed by atoms with Gasteiger partial charge in [-0.25, -0.2) is 0 Å². The third kappa shape index (κ3) is 4.22. The lowest BCUT2D eigenvalue weighted by Gasteiger charge is -2.31. The van der Waals surface area contributed by atoms with E-state index >= 15 is 0 Å². The number of nitrogens with one attached hydrogen (secondary N) is 2. The number of rotatable bonds is 9. The lowest BCUT2D eigenvalue weighted by Crippen LogP contribution is -2.55. The van der Waals surface area contributed by atoms with E-state index in [1.165, 1.54) is 0 Å². The highest BCUT2D eigenvalue weighted by molar-refractivity contribution is 6.23. The van der Waals surface area contributed by atoms with E-state index in [4.69, 9.17) is 0 Å². The topological polar surface area (TPSA) is 116 Å². The van der Waals surface area contributed by atoms with Crippen molar-refractivity contribution >= 4 is 29.7 Å². The van der Waals surface area contributed by atoms with E-state index in [1.54, 1.807) is 18.2 Å². The zero-order valence-corrected chi connectivity index (χ0v) is 15.6. The molecule has 0 saturated carbocycles. The van der Waals surface area contributed by atoms with Gasteiger partial charge in [-0.3, -0.25) is 19.3 Å². The van der Waals surface area contributed by atoms with Gasteiger partial charge in [0.2, 0.25) is 5.91 Å². The van der Waals surface area contributed by atoms with Gasteiger partial charge < -0.3 is 20.5 Å². The van der Waals surface area contributed by atoms with E-state index in [0.717, 1.165) is 49.1 Å². The minimum absolute atomic E-state index is 0.244. The van der Waals surface area contributed by atoms with Crippen LogP contribution < -0.4 is 10.6 Å². The number of hydrogen-bond acceptors (Lipinski definition) is 6. The Kier molecular flexibility index (Phi) is 6.41. The Labute approximate surface area is 163 Å². The van der Waals surface area contributed by atoms with Crippen molar-refractivity contribution in [1.29, 1.82) is 0 Å². The molecule has 1 saturated heterocycles. The first-order valence-corrected chi connectivity index (χ1v) is 9.71. The quantitative estimate of drug-likeness (QED) is 0.335. The summed E-state index contributed by atoms with van der Waals surface area (Å²) in [7, 11) is 0. The Bertz CT molecular complexity index is 779. The predicted octanol–water partition coefficient (Wildman–Crippen LogP) is 1.44. The number of carbonyl (C=O) groups excluding carboxylic acids is 4. The van der Waals surface area contributed by atoms with Crippen molar-refractivity contribution in [3.63, 3.8) is 0 Å². The summed E-state index contributed by atoms with van der Waals surface area (Å²) in [5, 5.41) is 15.1. The molecular formula is C20H25N3O5. The van der Waals surface area contributed by atoms with Gasteiger partial charge in [0, 0.05) is 18.7 Å². The average Bonchev–Trinajstić information content (AvgIpc) is 2.92. The Morgan fingerprint density at radius 2 is 1.82 bits per heavy atom. The minimum atomic E-state index is -0.937. The SMILES string of the molecule is O=CCCCCCCNc1ccc2c(c1)C(=O)N(C1CCC(O)NC1=O)C2=O. The van der Waals surface area contributed by atoms with Gasteiger partial charge in [-0.2, -0.15) is 0 Å². The van der Waals surface area contributed by atoms with Crippen molar-refractivity contribution in [1.82, 2.24) is 10.2 Å². The van der Waals surface area contributed by atoms with E-state index in [2.05, 4.69) is 10.6 Å². The number of aldehydes is 1. The molecule has 1 aromatic carbocycles. The summed E-state index contributed by atoms with van der Waals surface area (Å²) in [6.07, 6.45) is 5.00. The van der Waals surface area contributed by atoms with Crippen LogP contribution in [-0.2, 0) is 9.59 Å². The molecule has 2 atom stereocenters. The highest BCUT2D eigenvalue weighted by atomic mass is 16.3. The van der Waals surface area contributed by atoms with Crippen LogP contribution in [-0.4, -0.2) is 52.8 Å². The van der Waals surface area contributed by atoms with Crippen LogP contribution in [0.5, 0.6) is 0 Å². The molecule has 2 aliphatic heterocycles. The highest BCUT2D eigenvalue weighted by Crippen LogP contribution is 2.29. The highest BCUT2D eigenvalue weighted by Gasteiger charge is 2.44. The van der Waals surface area contributed by atoms with Gasteiger partial charge in [0.25, 0.3) is 11.8 Å². The van der Waals surface area contributed by atoms with E-state index < -0.39 is 30.0 Å². The molecule has 1 fully saturated rings. The molecule has 150 valence electrons. The number of carbonyl (C=O) groups is 4. The molecule has 0 aromatic heterocycles. The molecule has 1 aromatic rings. The lowest BCUT2D eigenvalue weighted by molar-refractivity contribution is -0.131. The predicted molar refractivity (Wildman–Crippen MR) is 102 cm³/mol. The van der Waals surface area contributed by atoms with Crippen molar-refractivity contribution in [2.45, 2.75) is 57.2 Å². The summed E-state index contributed by atoms with van der Waals surface area (Å²) in [6.45, 7) is 0.731. The molecule has 3 rings (SSSR count). The van der Waals surface area contributed by atoms with Crippen LogP contribution >= 0.6 is 0 Å². The smallest absolute Gasteiger partial charge is 0.262 e. The van der Waals surface area contributed by atoms with Crippen molar-refractivity contribution in [3.8, 4) is 0 Å². The molecule has 3 N–H and O–H groups in total. The van der Waals surface area contributed by atoms with Crippen LogP contribution in [0.15, 0.2) is 18.2 Å². The molecule has 8 nitrogen and oxygen atoms in total. The van der Waals surface area contributed by atoms with Crippen LogP contribution in [0.3, 0.4) is 0 Å². The molecule has 3 amide bonds. The second-order valence-corrected chi connectivity index (χ2v) is 7.15. The van der Waals surface area contributed by atoms with Crippen LogP contribution in [0.2, 0.25) is 0 Å². The van der Waals surface area contributed by atoms with Crippen LogP contribution in [0.25, 0.3) is 0 Å². The molecule has 2 unspecified atom stereocenters. The summed E-state index contributed by atoms with van der Waals surface area (Å²) in [4.78, 5) is 48.8. The van der Waals surface area contributed by atoms with Gasteiger partial charge in [-0.05, 0) is 43.9 Å². The summed E-state index contributed by atoms with van der Waals surface area (Å²) >= 11 is 0. The molecule has 2 aliphatic rings. The number of nitrogens with zero attached hydrogens (tertiary/aromatic N) is 1. The van der Waals surface area contributed by atoms with Crippen LogP contribution in [0, 0.1) is 0 Å². The summed E-state index contributed by atoms with van der Waals surface area (Å²) in [6, 6.07) is 4.12. The summed E-state index contributed by atoms with van der Waals surface area (Å²) in [5.41, 5.74) is 1.33. The van der Waals surface area contributed by atoms with Crippen molar-refractivity contribution in [2.75, 3.05) is 11.9 Å². The van der Waals surface area contributed by atoms with Gasteiger partial charge in [-0.15, -0.1) is 0 Å². The average molecular weight is 387 g/mol. The van der Waals surface area contributed by atoms with Crippen molar-refractivity contribution < 1.29 is 24.3 Å². The number of unbranched alkanes of at least 4 members (excludes halogenated alkanes) is 4. The van der Waals surface area contributed by atoms with E-state index in [9.17, 15) is 24.3 Å². The van der Waals surface area contributed by atoms with Crippen LogP contribution in [0.1, 0.15) is 65.7 Å². The van der Waals surface area contributed by atoms with Gasteiger partial charge in [0.05, 0.1) is 11.1 Å². The minimum Gasteiger partial charge on any atom is -0.385 e. The van der Waals surface area contributed by atoms with Crippen molar-refractivity contribution in [3.05, 3.63) is 29.3 Å².